The van der Waals surface area contributed by atoms with Gasteiger partial charge in [-0.15, -0.1) is 0 Å². The zero-order valence-electron chi connectivity index (χ0n) is 12.0. The van der Waals surface area contributed by atoms with Crippen molar-refractivity contribution in [2.75, 3.05) is 6.61 Å². The lowest BCUT2D eigenvalue weighted by atomic mass is 9.92. The summed E-state index contributed by atoms with van der Waals surface area (Å²) in [6.07, 6.45) is 7.15. The number of fused-ring (bicyclic) bond motifs is 3. The average Bonchev–Trinajstić information content (AvgIpc) is 3.11. The van der Waals surface area contributed by atoms with Crippen LogP contribution >= 0.6 is 0 Å². The first-order valence-corrected chi connectivity index (χ1v) is 7.58. The maximum Gasteiger partial charge on any atom is 0.0471 e. The smallest absolute Gasteiger partial charge is 0.0471 e. The topological polar surface area (TPSA) is 20.2 Å². The van der Waals surface area contributed by atoms with Crippen LogP contribution in [0.1, 0.15) is 29.5 Å². The van der Waals surface area contributed by atoms with Crippen molar-refractivity contribution in [3.8, 4) is 11.1 Å². The summed E-state index contributed by atoms with van der Waals surface area (Å²) in [5, 5.41) is 9.26. The molecule has 1 nitrogen and oxygen atoms in total. The van der Waals surface area contributed by atoms with Gasteiger partial charge in [-0.3, -0.25) is 0 Å². The number of hydrogen-bond donors (Lipinski definition) is 1. The SMILES string of the molecule is OCCC1=C(c2cccc3c2Cc2ccccc2-3)CC=C1. The first-order chi connectivity index (χ1) is 10.4. The van der Waals surface area contributed by atoms with E-state index < -0.39 is 0 Å². The fourth-order valence-corrected chi connectivity index (χ4v) is 3.63. The van der Waals surface area contributed by atoms with Crippen LogP contribution in [0.4, 0.5) is 0 Å². The number of rotatable bonds is 3. The molecule has 104 valence electrons. The van der Waals surface area contributed by atoms with E-state index in [9.17, 15) is 5.11 Å². The van der Waals surface area contributed by atoms with Gasteiger partial charge < -0.3 is 5.11 Å². The molecule has 0 unspecified atom stereocenters. The minimum absolute atomic E-state index is 0.221. The zero-order chi connectivity index (χ0) is 14.2. The van der Waals surface area contributed by atoms with Crippen LogP contribution in [0.25, 0.3) is 16.7 Å². The van der Waals surface area contributed by atoms with Gasteiger partial charge in [0, 0.05) is 6.61 Å². The molecule has 2 aromatic carbocycles. The molecule has 0 fully saturated rings. The van der Waals surface area contributed by atoms with Gasteiger partial charge in [0.15, 0.2) is 0 Å². The third-order valence-corrected chi connectivity index (χ3v) is 4.59. The van der Waals surface area contributed by atoms with Gasteiger partial charge >= 0.3 is 0 Å². The van der Waals surface area contributed by atoms with E-state index in [1.807, 2.05) is 0 Å². The van der Waals surface area contributed by atoms with E-state index in [1.165, 1.54) is 39.0 Å². The predicted octanol–water partition coefficient (Wildman–Crippen LogP) is 4.35. The van der Waals surface area contributed by atoms with Gasteiger partial charge in [-0.1, -0.05) is 54.6 Å². The number of allylic oxidation sites excluding steroid dienone is 3. The number of aliphatic hydroxyl groups excluding tert-OH is 1. The lowest BCUT2D eigenvalue weighted by molar-refractivity contribution is 0.300. The van der Waals surface area contributed by atoms with Crippen molar-refractivity contribution in [1.29, 1.82) is 0 Å². The Morgan fingerprint density at radius 3 is 2.62 bits per heavy atom. The van der Waals surface area contributed by atoms with Crippen LogP contribution in [0.2, 0.25) is 0 Å². The van der Waals surface area contributed by atoms with Crippen LogP contribution in [0.5, 0.6) is 0 Å². The molecule has 1 heteroatoms. The van der Waals surface area contributed by atoms with E-state index in [-0.39, 0.29) is 6.61 Å². The van der Waals surface area contributed by atoms with Gasteiger partial charge in [0.1, 0.15) is 0 Å². The Hall–Kier alpha value is -2.12. The van der Waals surface area contributed by atoms with Crippen LogP contribution < -0.4 is 0 Å². The molecule has 0 atom stereocenters. The van der Waals surface area contributed by atoms with Crippen LogP contribution in [0, 0.1) is 0 Å². The van der Waals surface area contributed by atoms with E-state index >= 15 is 0 Å². The highest BCUT2D eigenvalue weighted by Crippen LogP contribution is 2.42. The van der Waals surface area contributed by atoms with Gasteiger partial charge in [0.2, 0.25) is 0 Å². The maximum absolute atomic E-state index is 9.26. The minimum atomic E-state index is 0.221. The summed E-state index contributed by atoms with van der Waals surface area (Å²) in [6.45, 7) is 0.221. The summed E-state index contributed by atoms with van der Waals surface area (Å²) in [4.78, 5) is 0. The molecule has 0 aromatic heterocycles. The van der Waals surface area contributed by atoms with Crippen molar-refractivity contribution in [2.45, 2.75) is 19.3 Å². The summed E-state index contributed by atoms with van der Waals surface area (Å²) in [7, 11) is 0. The van der Waals surface area contributed by atoms with E-state index in [0.717, 1.165) is 19.3 Å². The van der Waals surface area contributed by atoms with Crippen LogP contribution in [0.3, 0.4) is 0 Å². The lowest BCUT2D eigenvalue weighted by Crippen LogP contribution is -1.94. The fraction of sp³-hybridized carbons (Fsp3) is 0.200. The molecule has 0 saturated heterocycles. The Morgan fingerprint density at radius 1 is 0.905 bits per heavy atom. The van der Waals surface area contributed by atoms with E-state index in [2.05, 4.69) is 54.6 Å². The van der Waals surface area contributed by atoms with Crippen molar-refractivity contribution in [3.63, 3.8) is 0 Å². The zero-order valence-corrected chi connectivity index (χ0v) is 12.0. The second-order valence-corrected chi connectivity index (χ2v) is 5.75. The van der Waals surface area contributed by atoms with Gasteiger partial charge in [-0.25, -0.2) is 0 Å². The molecular weight excluding hydrogens is 256 g/mol. The first kappa shape index (κ1) is 12.6. The summed E-state index contributed by atoms with van der Waals surface area (Å²) >= 11 is 0. The second-order valence-electron chi connectivity index (χ2n) is 5.75. The van der Waals surface area contributed by atoms with Gasteiger partial charge in [0.05, 0.1) is 0 Å². The highest BCUT2D eigenvalue weighted by molar-refractivity contribution is 5.85. The van der Waals surface area contributed by atoms with Crippen molar-refractivity contribution in [3.05, 3.63) is 76.9 Å². The summed E-state index contributed by atoms with van der Waals surface area (Å²) in [5.74, 6) is 0. The van der Waals surface area contributed by atoms with Crippen molar-refractivity contribution < 1.29 is 5.11 Å². The van der Waals surface area contributed by atoms with Gasteiger partial charge in [-0.05, 0) is 58.2 Å². The molecule has 0 saturated carbocycles. The van der Waals surface area contributed by atoms with E-state index in [1.54, 1.807) is 0 Å². The van der Waals surface area contributed by atoms with Crippen LogP contribution in [-0.4, -0.2) is 11.7 Å². The van der Waals surface area contributed by atoms with Crippen molar-refractivity contribution in [1.82, 2.24) is 0 Å². The minimum Gasteiger partial charge on any atom is -0.396 e. The average molecular weight is 274 g/mol. The predicted molar refractivity (Wildman–Crippen MR) is 87.1 cm³/mol. The molecule has 1 N–H and O–H groups in total. The third-order valence-electron chi connectivity index (χ3n) is 4.59. The van der Waals surface area contributed by atoms with Gasteiger partial charge in [-0.2, -0.15) is 0 Å². The number of hydrogen-bond acceptors (Lipinski definition) is 1. The monoisotopic (exact) mass is 274 g/mol. The Labute approximate surface area is 125 Å². The molecule has 0 aliphatic heterocycles. The van der Waals surface area contributed by atoms with Crippen LogP contribution in [0.15, 0.2) is 60.2 Å². The second kappa shape index (κ2) is 5.01. The highest BCUT2D eigenvalue weighted by Gasteiger charge is 2.23. The third kappa shape index (κ3) is 1.97. The normalized spacial score (nSPS) is 15.5. The summed E-state index contributed by atoms with van der Waals surface area (Å²) in [5.41, 5.74) is 9.70. The highest BCUT2D eigenvalue weighted by atomic mass is 16.2. The van der Waals surface area contributed by atoms with Crippen LogP contribution in [-0.2, 0) is 6.42 Å². The fourth-order valence-electron chi connectivity index (χ4n) is 3.63. The Bertz CT molecular complexity index is 765. The number of aliphatic hydroxyl groups is 1. The molecule has 0 amide bonds. The van der Waals surface area contributed by atoms with Crippen molar-refractivity contribution >= 4 is 5.57 Å². The molecule has 4 rings (SSSR count). The standard InChI is InChI=1S/C20H18O/c21-12-11-14-6-3-8-16(14)18-9-4-10-19-17-7-2-1-5-15(17)13-20(18)19/h1-7,9-10,21H,8,11-13H2. The molecule has 0 bridgehead atoms. The molecule has 0 radical (unpaired) electrons. The Balaban J connectivity index is 1.86. The molecule has 2 aliphatic rings. The molecule has 21 heavy (non-hydrogen) atoms. The van der Waals surface area contributed by atoms with E-state index in [4.69, 9.17) is 0 Å². The molecule has 0 heterocycles. The quantitative estimate of drug-likeness (QED) is 0.752. The Kier molecular flexibility index (Phi) is 3.01. The molecule has 2 aliphatic carbocycles. The summed E-state index contributed by atoms with van der Waals surface area (Å²) < 4.78 is 0. The molecular formula is C20H18O. The molecule has 0 spiro atoms. The van der Waals surface area contributed by atoms with Crippen molar-refractivity contribution in [2.24, 2.45) is 0 Å². The largest absolute Gasteiger partial charge is 0.396 e. The first-order valence-electron chi connectivity index (χ1n) is 7.58. The number of benzene rings is 2. The van der Waals surface area contributed by atoms with E-state index in [0.29, 0.717) is 0 Å². The Morgan fingerprint density at radius 2 is 1.71 bits per heavy atom. The maximum atomic E-state index is 9.26. The van der Waals surface area contributed by atoms with Gasteiger partial charge in [0.25, 0.3) is 0 Å². The molecule has 2 aromatic rings. The summed E-state index contributed by atoms with van der Waals surface area (Å²) in [6, 6.07) is 15.3. The lowest BCUT2D eigenvalue weighted by Gasteiger charge is -2.12.